The number of ether oxygens (including phenoxy) is 1. The zero-order chi connectivity index (χ0) is 12.3. The number of esters is 1. The molecule has 0 saturated heterocycles. The second kappa shape index (κ2) is 11.2. The lowest BCUT2D eigenvalue weighted by atomic mass is 10.4. The Morgan fingerprint density at radius 1 is 1.27 bits per heavy atom. The van der Waals surface area contributed by atoms with Crippen molar-refractivity contribution in [1.82, 2.24) is 4.90 Å². The van der Waals surface area contributed by atoms with Crippen molar-refractivity contribution in [2.24, 2.45) is 0 Å². The predicted molar refractivity (Wildman–Crippen MR) is 61.5 cm³/mol. The van der Waals surface area contributed by atoms with E-state index < -0.39 is 12.8 Å². The van der Waals surface area contributed by atoms with Crippen LogP contribution in [0.1, 0.15) is 27.7 Å². The third-order valence-corrected chi connectivity index (χ3v) is 1.89. The van der Waals surface area contributed by atoms with Crippen LogP contribution < -0.4 is 0 Å². The lowest BCUT2D eigenvalue weighted by Crippen LogP contribution is -2.21. The molecule has 0 radical (unpaired) electrons. The summed E-state index contributed by atoms with van der Waals surface area (Å²) in [6, 6.07) is 0. The summed E-state index contributed by atoms with van der Waals surface area (Å²) in [6.07, 6.45) is 0. The Balaban J connectivity index is 0. The Bertz CT molecular complexity index is 171. The fourth-order valence-electron chi connectivity index (χ4n) is 0.853. The number of rotatable bonds is 5. The highest BCUT2D eigenvalue weighted by atomic mass is 16.6. The quantitative estimate of drug-likeness (QED) is 0.430. The number of hydrogen-bond donors (Lipinski definition) is 1. The first kappa shape index (κ1) is 16.6. The lowest BCUT2D eigenvalue weighted by Gasteiger charge is -2.13. The van der Waals surface area contributed by atoms with Gasteiger partial charge in [-0.1, -0.05) is 27.4 Å². The second-order valence-corrected chi connectivity index (χ2v) is 2.96. The predicted octanol–water partition coefficient (Wildman–Crippen LogP) is 1.40. The summed E-state index contributed by atoms with van der Waals surface area (Å²) >= 11 is 0. The molecule has 90 valence electrons. The molecule has 0 amide bonds. The van der Waals surface area contributed by atoms with Crippen molar-refractivity contribution in [3.63, 3.8) is 0 Å². The number of carbonyl (C=O) groups excluding carboxylic acids is 1. The maximum absolute atomic E-state index is 10.3. The number of carbonyl (C=O) groups is 1. The van der Waals surface area contributed by atoms with E-state index in [1.807, 2.05) is 0 Å². The van der Waals surface area contributed by atoms with Gasteiger partial charge in [0, 0.05) is 5.57 Å². The van der Waals surface area contributed by atoms with Crippen LogP contribution in [0.3, 0.4) is 0 Å². The number of aliphatic hydroxyl groups excluding tert-OH is 1. The molecule has 0 aliphatic rings. The maximum Gasteiger partial charge on any atom is 0.335 e. The van der Waals surface area contributed by atoms with Gasteiger partial charge in [-0.25, -0.2) is 4.79 Å². The van der Waals surface area contributed by atoms with Gasteiger partial charge in [0.15, 0.2) is 6.79 Å². The highest BCUT2D eigenvalue weighted by molar-refractivity contribution is 5.86. The van der Waals surface area contributed by atoms with E-state index >= 15 is 0 Å². The van der Waals surface area contributed by atoms with E-state index in [9.17, 15) is 4.79 Å². The van der Waals surface area contributed by atoms with Crippen molar-refractivity contribution in [2.75, 3.05) is 26.4 Å². The molecule has 0 aromatic carbocycles. The monoisotopic (exact) mass is 217 g/mol. The largest absolute Gasteiger partial charge is 0.435 e. The fourth-order valence-corrected chi connectivity index (χ4v) is 0.853. The molecular formula is C11H23NO3. The molecule has 0 rings (SSSR count). The lowest BCUT2D eigenvalue weighted by molar-refractivity contribution is -0.146. The summed E-state index contributed by atoms with van der Waals surface area (Å²) in [4.78, 5) is 12.6. The first-order valence-electron chi connectivity index (χ1n) is 5.19. The number of aliphatic hydroxyl groups is 1. The Labute approximate surface area is 92.5 Å². The van der Waals surface area contributed by atoms with Crippen LogP contribution in [0, 0.1) is 0 Å². The number of nitrogens with zero attached hydrogens (tertiary/aromatic N) is 1. The summed E-state index contributed by atoms with van der Waals surface area (Å²) < 4.78 is 4.12. The van der Waals surface area contributed by atoms with Crippen LogP contribution in [-0.2, 0) is 9.53 Å². The molecule has 0 spiro atoms. The molecule has 0 unspecified atom stereocenters. The van der Waals surface area contributed by atoms with E-state index in [2.05, 4.69) is 37.0 Å². The molecule has 0 aliphatic heterocycles. The zero-order valence-corrected chi connectivity index (χ0v) is 10.2. The highest BCUT2D eigenvalue weighted by Gasteiger charge is 1.98. The van der Waals surface area contributed by atoms with Crippen molar-refractivity contribution in [3.05, 3.63) is 12.2 Å². The summed E-state index contributed by atoms with van der Waals surface area (Å²) in [7, 11) is 0. The molecule has 4 heteroatoms. The summed E-state index contributed by atoms with van der Waals surface area (Å²) in [6.45, 7) is 14.3. The number of hydrogen-bond acceptors (Lipinski definition) is 4. The highest BCUT2D eigenvalue weighted by Crippen LogP contribution is 1.88. The topological polar surface area (TPSA) is 49.8 Å². The molecule has 0 aromatic rings. The van der Waals surface area contributed by atoms with Gasteiger partial charge < -0.3 is 14.7 Å². The second-order valence-electron chi connectivity index (χ2n) is 2.96. The first-order valence-corrected chi connectivity index (χ1v) is 5.19. The average Bonchev–Trinajstić information content (AvgIpc) is 2.21. The van der Waals surface area contributed by atoms with Gasteiger partial charge in [0.1, 0.15) is 0 Å². The fraction of sp³-hybridized carbons (Fsp3) is 0.727. The van der Waals surface area contributed by atoms with Gasteiger partial charge in [-0.2, -0.15) is 0 Å². The van der Waals surface area contributed by atoms with Gasteiger partial charge in [-0.15, -0.1) is 0 Å². The Hall–Kier alpha value is -0.870. The molecule has 0 aromatic heterocycles. The summed E-state index contributed by atoms with van der Waals surface area (Å²) in [5, 5.41) is 8.00. The van der Waals surface area contributed by atoms with Crippen molar-refractivity contribution in [2.45, 2.75) is 27.7 Å². The van der Waals surface area contributed by atoms with Crippen LogP contribution in [0.5, 0.6) is 0 Å². The standard InChI is InChI=1S/C6H15N.C5H8O3/c1-4-7(5-2)6-3;1-4(2)5(7)8-3-6/h4-6H2,1-3H3;6H,1,3H2,2H3. The van der Waals surface area contributed by atoms with E-state index in [0.717, 1.165) is 0 Å². The smallest absolute Gasteiger partial charge is 0.335 e. The normalized spacial score (nSPS) is 9.20. The molecule has 1 N–H and O–H groups in total. The SMILES string of the molecule is C=C(C)C(=O)OCO.CCN(CC)CC. The minimum atomic E-state index is -0.578. The van der Waals surface area contributed by atoms with E-state index in [0.29, 0.717) is 5.57 Å². The third-order valence-electron chi connectivity index (χ3n) is 1.89. The molecule has 0 saturated carbocycles. The van der Waals surface area contributed by atoms with E-state index in [4.69, 9.17) is 5.11 Å². The van der Waals surface area contributed by atoms with Crippen LogP contribution in [0.2, 0.25) is 0 Å². The van der Waals surface area contributed by atoms with Crippen LogP contribution in [0.15, 0.2) is 12.2 Å². The Morgan fingerprint density at radius 2 is 1.67 bits per heavy atom. The molecule has 0 bridgehead atoms. The molecular weight excluding hydrogens is 194 g/mol. The van der Waals surface area contributed by atoms with E-state index in [-0.39, 0.29) is 0 Å². The molecule has 0 fully saturated rings. The molecule has 15 heavy (non-hydrogen) atoms. The average molecular weight is 217 g/mol. The first-order chi connectivity index (χ1) is 7.03. The van der Waals surface area contributed by atoms with Crippen molar-refractivity contribution in [3.8, 4) is 0 Å². The Kier molecular flexibility index (Phi) is 12.4. The zero-order valence-electron chi connectivity index (χ0n) is 10.2. The van der Waals surface area contributed by atoms with Crippen LogP contribution >= 0.6 is 0 Å². The molecule has 0 aliphatic carbocycles. The van der Waals surface area contributed by atoms with Gasteiger partial charge in [-0.3, -0.25) is 0 Å². The minimum Gasteiger partial charge on any atom is -0.435 e. The van der Waals surface area contributed by atoms with E-state index in [1.54, 1.807) is 0 Å². The molecule has 0 atom stereocenters. The minimum absolute atomic E-state index is 0.291. The van der Waals surface area contributed by atoms with Gasteiger partial charge in [0.25, 0.3) is 0 Å². The van der Waals surface area contributed by atoms with Gasteiger partial charge in [0.2, 0.25) is 0 Å². The van der Waals surface area contributed by atoms with Crippen molar-refractivity contribution in [1.29, 1.82) is 0 Å². The van der Waals surface area contributed by atoms with Crippen molar-refractivity contribution >= 4 is 5.97 Å². The Morgan fingerprint density at radius 3 is 1.73 bits per heavy atom. The van der Waals surface area contributed by atoms with Crippen LogP contribution in [0.25, 0.3) is 0 Å². The molecule has 0 heterocycles. The summed E-state index contributed by atoms with van der Waals surface area (Å²) in [5.41, 5.74) is 0.291. The van der Waals surface area contributed by atoms with Gasteiger partial charge >= 0.3 is 5.97 Å². The maximum atomic E-state index is 10.3. The van der Waals surface area contributed by atoms with Crippen LogP contribution in [-0.4, -0.2) is 42.4 Å². The van der Waals surface area contributed by atoms with Gasteiger partial charge in [0.05, 0.1) is 0 Å². The van der Waals surface area contributed by atoms with Crippen molar-refractivity contribution < 1.29 is 14.6 Å². The van der Waals surface area contributed by atoms with Gasteiger partial charge in [-0.05, 0) is 26.6 Å². The summed E-state index contributed by atoms with van der Waals surface area (Å²) in [5.74, 6) is -0.562. The van der Waals surface area contributed by atoms with Crippen LogP contribution in [0.4, 0.5) is 0 Å². The van der Waals surface area contributed by atoms with E-state index in [1.165, 1.54) is 26.6 Å². The third kappa shape index (κ3) is 11.1. The molecule has 4 nitrogen and oxygen atoms in total.